The molecule has 0 spiro atoms. The maximum atomic E-state index is 14.2. The highest BCUT2D eigenvalue weighted by Crippen LogP contribution is 2.24. The van der Waals surface area contributed by atoms with Gasteiger partial charge >= 0.3 is 0 Å². The van der Waals surface area contributed by atoms with Crippen molar-refractivity contribution in [2.75, 3.05) is 17.1 Å². The first-order chi connectivity index (χ1) is 19.6. The Hall–Kier alpha value is -3.17. The minimum absolute atomic E-state index is 0.0695. The summed E-state index contributed by atoms with van der Waals surface area (Å²) >= 11 is 3.40. The molecule has 3 aromatic rings. The average Bonchev–Trinajstić information content (AvgIpc) is 2.95. The Morgan fingerprint density at radius 2 is 1.61 bits per heavy atom. The van der Waals surface area contributed by atoms with Crippen LogP contribution in [0.4, 0.5) is 5.69 Å². The number of hydrogen-bond donors (Lipinski definition) is 1. The summed E-state index contributed by atoms with van der Waals surface area (Å²) in [5.41, 5.74) is 3.24. The van der Waals surface area contributed by atoms with Crippen LogP contribution in [0.1, 0.15) is 48.8 Å². The summed E-state index contributed by atoms with van der Waals surface area (Å²) in [7, 11) is -3.80. The van der Waals surface area contributed by atoms with E-state index < -0.39 is 28.5 Å². The van der Waals surface area contributed by atoms with E-state index in [1.165, 1.54) is 0 Å². The molecular weight excluding hydrogens is 602 g/mol. The van der Waals surface area contributed by atoms with Crippen LogP contribution in [0.25, 0.3) is 0 Å². The summed E-state index contributed by atoms with van der Waals surface area (Å²) in [6.07, 6.45) is 6.53. The number of hydrogen-bond acceptors (Lipinski definition) is 4. The van der Waals surface area contributed by atoms with Gasteiger partial charge in [-0.3, -0.25) is 13.9 Å². The van der Waals surface area contributed by atoms with Gasteiger partial charge in [0.25, 0.3) is 0 Å². The van der Waals surface area contributed by atoms with Crippen molar-refractivity contribution in [2.45, 2.75) is 64.1 Å². The van der Waals surface area contributed by atoms with Crippen LogP contribution in [0.15, 0.2) is 83.3 Å². The molecule has 3 aromatic carbocycles. The molecule has 0 saturated heterocycles. The van der Waals surface area contributed by atoms with Crippen LogP contribution in [0.5, 0.6) is 0 Å². The maximum absolute atomic E-state index is 14.2. The highest BCUT2D eigenvalue weighted by atomic mass is 79.9. The first-order valence-electron chi connectivity index (χ1n) is 14.0. The molecule has 1 atom stereocenters. The van der Waals surface area contributed by atoms with E-state index in [4.69, 9.17) is 0 Å². The minimum Gasteiger partial charge on any atom is -0.352 e. The van der Waals surface area contributed by atoms with Crippen molar-refractivity contribution in [2.24, 2.45) is 0 Å². The molecule has 1 aliphatic rings. The standard InChI is InChI=1S/C32H38BrN3O4S/c1-24-16-18-26(19-17-24)22-35(31(37)23-36(41(2,39)40)29-15-9-12-27(33)21-29)30(20-25-10-5-3-6-11-25)32(38)34-28-13-7-4-8-14-28/h3,5-6,9-12,15-19,21,28,30H,4,7-8,13-14,20,22-23H2,1-2H3,(H,34,38)/t30-/m0/s1. The van der Waals surface area contributed by atoms with Crippen molar-refractivity contribution in [3.05, 3.63) is 100 Å². The molecule has 0 bridgehead atoms. The van der Waals surface area contributed by atoms with E-state index in [-0.39, 0.29) is 18.5 Å². The van der Waals surface area contributed by atoms with Gasteiger partial charge in [0.1, 0.15) is 12.6 Å². The number of amides is 2. The molecule has 2 amide bonds. The lowest BCUT2D eigenvalue weighted by Gasteiger charge is -2.35. The van der Waals surface area contributed by atoms with E-state index in [1.807, 2.05) is 61.5 Å². The Morgan fingerprint density at radius 1 is 0.927 bits per heavy atom. The number of rotatable bonds is 11. The second kappa shape index (κ2) is 14.1. The van der Waals surface area contributed by atoms with Crippen molar-refractivity contribution >= 4 is 43.5 Å². The van der Waals surface area contributed by atoms with Crippen molar-refractivity contribution in [3.8, 4) is 0 Å². The van der Waals surface area contributed by atoms with E-state index >= 15 is 0 Å². The van der Waals surface area contributed by atoms with E-state index in [0.29, 0.717) is 16.6 Å². The Bertz CT molecular complexity index is 1420. The first kappa shape index (κ1) is 30.8. The summed E-state index contributed by atoms with van der Waals surface area (Å²) in [5, 5.41) is 3.22. The molecule has 218 valence electrons. The zero-order chi connectivity index (χ0) is 29.4. The SMILES string of the molecule is Cc1ccc(CN(C(=O)CN(c2cccc(Br)c2)S(C)(=O)=O)[C@@H](Cc2ccccc2)C(=O)NC2CCCCC2)cc1. The van der Waals surface area contributed by atoms with Crippen LogP contribution in [0, 0.1) is 6.92 Å². The highest BCUT2D eigenvalue weighted by Gasteiger charge is 2.34. The number of sulfonamides is 1. The number of anilines is 1. The van der Waals surface area contributed by atoms with Crippen LogP contribution < -0.4 is 9.62 Å². The van der Waals surface area contributed by atoms with Gasteiger partial charge in [0, 0.05) is 23.5 Å². The molecule has 0 heterocycles. The zero-order valence-corrected chi connectivity index (χ0v) is 26.0. The second-order valence-corrected chi connectivity index (χ2v) is 13.6. The normalized spacial score (nSPS) is 14.7. The van der Waals surface area contributed by atoms with Gasteiger partial charge in [-0.05, 0) is 49.1 Å². The van der Waals surface area contributed by atoms with Gasteiger partial charge < -0.3 is 10.2 Å². The van der Waals surface area contributed by atoms with Crippen LogP contribution in [-0.2, 0) is 32.6 Å². The summed E-state index contributed by atoms with van der Waals surface area (Å²) in [5.74, 6) is -0.662. The zero-order valence-electron chi connectivity index (χ0n) is 23.6. The molecule has 1 N–H and O–H groups in total. The minimum atomic E-state index is -3.80. The molecule has 7 nitrogen and oxygen atoms in total. The fraction of sp³-hybridized carbons (Fsp3) is 0.375. The molecule has 0 aromatic heterocycles. The molecule has 4 rings (SSSR count). The van der Waals surface area contributed by atoms with E-state index in [0.717, 1.165) is 59.4 Å². The first-order valence-corrected chi connectivity index (χ1v) is 16.7. The summed E-state index contributed by atoms with van der Waals surface area (Å²) in [6, 6.07) is 23.5. The number of benzene rings is 3. The second-order valence-electron chi connectivity index (χ2n) is 10.8. The van der Waals surface area contributed by atoms with Crippen LogP contribution in [0.2, 0.25) is 0 Å². The third kappa shape index (κ3) is 8.91. The van der Waals surface area contributed by atoms with Gasteiger partial charge in [-0.1, -0.05) is 101 Å². The number of halogens is 1. The van der Waals surface area contributed by atoms with Gasteiger partial charge in [0.15, 0.2) is 0 Å². The summed E-state index contributed by atoms with van der Waals surface area (Å²) < 4.78 is 27.6. The van der Waals surface area contributed by atoms with Crippen molar-refractivity contribution < 1.29 is 18.0 Å². The lowest BCUT2D eigenvalue weighted by Crippen LogP contribution is -2.55. The van der Waals surface area contributed by atoms with Crippen LogP contribution >= 0.6 is 15.9 Å². The fourth-order valence-corrected chi connectivity index (χ4v) is 6.46. The third-order valence-corrected chi connectivity index (χ3v) is 9.11. The molecule has 0 radical (unpaired) electrons. The molecule has 1 fully saturated rings. The Morgan fingerprint density at radius 3 is 2.24 bits per heavy atom. The van der Waals surface area contributed by atoms with Crippen molar-refractivity contribution in [1.29, 1.82) is 0 Å². The van der Waals surface area contributed by atoms with Crippen molar-refractivity contribution in [3.63, 3.8) is 0 Å². The number of carbonyl (C=O) groups is 2. The van der Waals surface area contributed by atoms with Gasteiger partial charge in [-0.2, -0.15) is 0 Å². The van der Waals surface area contributed by atoms with E-state index in [9.17, 15) is 18.0 Å². The Balaban J connectivity index is 1.71. The quantitative estimate of drug-likeness (QED) is 0.295. The van der Waals surface area contributed by atoms with E-state index in [1.54, 1.807) is 29.2 Å². The molecule has 41 heavy (non-hydrogen) atoms. The Labute approximate surface area is 252 Å². The number of carbonyl (C=O) groups excluding carboxylic acids is 2. The molecule has 9 heteroatoms. The van der Waals surface area contributed by atoms with Crippen LogP contribution in [0.3, 0.4) is 0 Å². The van der Waals surface area contributed by atoms with Gasteiger partial charge in [-0.25, -0.2) is 8.42 Å². The summed E-state index contributed by atoms with van der Waals surface area (Å²) in [4.78, 5) is 29.7. The topological polar surface area (TPSA) is 86.8 Å². The summed E-state index contributed by atoms with van der Waals surface area (Å²) in [6.45, 7) is 1.73. The van der Waals surface area contributed by atoms with Gasteiger partial charge in [0.05, 0.1) is 11.9 Å². The third-order valence-electron chi connectivity index (χ3n) is 7.47. The van der Waals surface area contributed by atoms with Crippen LogP contribution in [-0.4, -0.2) is 50.0 Å². The van der Waals surface area contributed by atoms with Gasteiger partial charge in [-0.15, -0.1) is 0 Å². The number of aryl methyl sites for hydroxylation is 1. The lowest BCUT2D eigenvalue weighted by atomic mass is 9.94. The highest BCUT2D eigenvalue weighted by molar-refractivity contribution is 9.10. The van der Waals surface area contributed by atoms with Gasteiger partial charge in [0.2, 0.25) is 21.8 Å². The molecule has 0 aliphatic heterocycles. The largest absolute Gasteiger partial charge is 0.352 e. The predicted octanol–water partition coefficient (Wildman–Crippen LogP) is 5.61. The molecule has 1 saturated carbocycles. The Kier molecular flexibility index (Phi) is 10.6. The molecular formula is C32H38BrN3O4S. The predicted molar refractivity (Wildman–Crippen MR) is 167 cm³/mol. The average molecular weight is 641 g/mol. The number of nitrogens with zero attached hydrogens (tertiary/aromatic N) is 2. The van der Waals surface area contributed by atoms with E-state index in [2.05, 4.69) is 21.2 Å². The smallest absolute Gasteiger partial charge is 0.244 e. The fourth-order valence-electron chi connectivity index (χ4n) is 5.23. The number of nitrogens with one attached hydrogen (secondary N) is 1. The van der Waals surface area contributed by atoms with Crippen molar-refractivity contribution in [1.82, 2.24) is 10.2 Å². The lowest BCUT2D eigenvalue weighted by molar-refractivity contribution is -0.140. The maximum Gasteiger partial charge on any atom is 0.244 e. The monoisotopic (exact) mass is 639 g/mol. The molecule has 0 unspecified atom stereocenters. The molecule has 1 aliphatic carbocycles.